The van der Waals surface area contributed by atoms with Crippen LogP contribution in [0.5, 0.6) is 0 Å². The third kappa shape index (κ3) is 2.33. The summed E-state index contributed by atoms with van der Waals surface area (Å²) >= 11 is 1.60. The van der Waals surface area contributed by atoms with Crippen LogP contribution >= 0.6 is 11.3 Å². The van der Waals surface area contributed by atoms with Crippen molar-refractivity contribution in [2.75, 3.05) is 0 Å². The van der Waals surface area contributed by atoms with E-state index in [0.717, 1.165) is 17.1 Å². The van der Waals surface area contributed by atoms with E-state index >= 15 is 0 Å². The number of aromatic carboxylic acids is 1. The maximum atomic E-state index is 10.8. The monoisotopic (exact) mass is 252 g/mol. The molecule has 7 heteroatoms. The summed E-state index contributed by atoms with van der Waals surface area (Å²) in [5.41, 5.74) is 1.43. The van der Waals surface area contributed by atoms with Gasteiger partial charge in [0.2, 0.25) is 0 Å². The second-order valence-corrected chi connectivity index (χ2v) is 4.52. The fourth-order valence-corrected chi connectivity index (χ4v) is 2.18. The van der Waals surface area contributed by atoms with E-state index in [4.69, 9.17) is 5.11 Å². The molecule has 0 saturated heterocycles. The molecule has 17 heavy (non-hydrogen) atoms. The van der Waals surface area contributed by atoms with Gasteiger partial charge in [0, 0.05) is 5.38 Å². The summed E-state index contributed by atoms with van der Waals surface area (Å²) in [7, 11) is 0. The van der Waals surface area contributed by atoms with Crippen LogP contribution in [0.1, 0.15) is 33.8 Å². The van der Waals surface area contributed by atoms with E-state index in [1.807, 2.05) is 12.3 Å². The molecule has 0 atom stereocenters. The van der Waals surface area contributed by atoms with Gasteiger partial charge in [0.15, 0.2) is 5.69 Å². The number of nitrogens with zero attached hydrogens (tertiary/aromatic N) is 4. The molecule has 6 nitrogen and oxygen atoms in total. The van der Waals surface area contributed by atoms with Crippen molar-refractivity contribution in [1.82, 2.24) is 20.0 Å². The highest BCUT2D eigenvalue weighted by Crippen LogP contribution is 2.12. The van der Waals surface area contributed by atoms with Gasteiger partial charge in [0.05, 0.1) is 22.9 Å². The predicted octanol–water partition coefficient (Wildman–Crippen LogP) is 1.35. The third-order valence-electron chi connectivity index (χ3n) is 2.40. The second kappa shape index (κ2) is 4.62. The van der Waals surface area contributed by atoms with Crippen LogP contribution in [0.25, 0.3) is 0 Å². The number of carboxylic acid groups (broad SMARTS) is 1. The van der Waals surface area contributed by atoms with Crippen molar-refractivity contribution in [3.05, 3.63) is 27.5 Å². The zero-order chi connectivity index (χ0) is 12.4. The predicted molar refractivity (Wildman–Crippen MR) is 62.3 cm³/mol. The Bertz CT molecular complexity index is 546. The first-order chi connectivity index (χ1) is 8.11. The number of hydrogen-bond acceptors (Lipinski definition) is 5. The van der Waals surface area contributed by atoms with Crippen LogP contribution in [-0.2, 0) is 13.0 Å². The summed E-state index contributed by atoms with van der Waals surface area (Å²) in [6.07, 6.45) is 0.904. The Morgan fingerprint density at radius 2 is 2.35 bits per heavy atom. The molecule has 0 saturated carbocycles. The van der Waals surface area contributed by atoms with Gasteiger partial charge < -0.3 is 5.11 Å². The Hall–Kier alpha value is -1.76. The number of rotatable bonds is 4. The molecule has 2 heterocycles. The highest BCUT2D eigenvalue weighted by atomic mass is 32.1. The van der Waals surface area contributed by atoms with Crippen molar-refractivity contribution in [1.29, 1.82) is 0 Å². The van der Waals surface area contributed by atoms with Gasteiger partial charge >= 0.3 is 5.97 Å². The van der Waals surface area contributed by atoms with E-state index in [0.29, 0.717) is 12.2 Å². The summed E-state index contributed by atoms with van der Waals surface area (Å²) in [4.78, 5) is 15.2. The fourth-order valence-electron chi connectivity index (χ4n) is 1.45. The summed E-state index contributed by atoms with van der Waals surface area (Å²) in [6.45, 7) is 4.20. The first-order valence-corrected chi connectivity index (χ1v) is 6.06. The number of carbonyl (C=O) groups is 1. The van der Waals surface area contributed by atoms with Gasteiger partial charge in [-0.25, -0.2) is 14.5 Å². The van der Waals surface area contributed by atoms with Crippen LogP contribution in [0.15, 0.2) is 5.38 Å². The minimum atomic E-state index is -1.05. The molecular formula is C10H12N4O2S. The lowest BCUT2D eigenvalue weighted by Gasteiger charge is -1.99. The molecule has 0 amide bonds. The van der Waals surface area contributed by atoms with E-state index in [2.05, 4.69) is 15.3 Å². The second-order valence-electron chi connectivity index (χ2n) is 3.57. The van der Waals surface area contributed by atoms with Crippen LogP contribution in [0, 0.1) is 6.92 Å². The average Bonchev–Trinajstić information content (AvgIpc) is 2.87. The minimum Gasteiger partial charge on any atom is -0.476 e. The van der Waals surface area contributed by atoms with Gasteiger partial charge in [-0.1, -0.05) is 12.1 Å². The van der Waals surface area contributed by atoms with Crippen molar-refractivity contribution in [3.63, 3.8) is 0 Å². The molecule has 2 rings (SSSR count). The summed E-state index contributed by atoms with van der Waals surface area (Å²) in [6, 6.07) is 0. The number of aryl methyl sites for hydroxylation is 1. The Morgan fingerprint density at radius 3 is 2.88 bits per heavy atom. The van der Waals surface area contributed by atoms with Crippen LogP contribution in [0.4, 0.5) is 0 Å². The average molecular weight is 252 g/mol. The first-order valence-electron chi connectivity index (χ1n) is 5.18. The highest BCUT2D eigenvalue weighted by Gasteiger charge is 2.15. The zero-order valence-corrected chi connectivity index (χ0v) is 10.4. The van der Waals surface area contributed by atoms with Crippen LogP contribution in [0.3, 0.4) is 0 Å². The van der Waals surface area contributed by atoms with Gasteiger partial charge in [-0.3, -0.25) is 0 Å². The first kappa shape index (κ1) is 11.7. The fraction of sp³-hybridized carbons (Fsp3) is 0.400. The van der Waals surface area contributed by atoms with Gasteiger partial charge in [-0.2, -0.15) is 0 Å². The number of aromatic nitrogens is 4. The SMILES string of the molecule is CCc1nc(Cn2nnc(C(=O)O)c2C)cs1. The Kier molecular flexibility index (Phi) is 3.19. The molecule has 90 valence electrons. The van der Waals surface area contributed by atoms with Crippen molar-refractivity contribution in [2.24, 2.45) is 0 Å². The van der Waals surface area contributed by atoms with Gasteiger partial charge in [-0.15, -0.1) is 16.4 Å². The molecule has 0 radical (unpaired) electrons. The van der Waals surface area contributed by atoms with Crippen molar-refractivity contribution in [2.45, 2.75) is 26.8 Å². The molecule has 0 bridgehead atoms. The Labute approximate surface area is 102 Å². The normalized spacial score (nSPS) is 10.7. The molecule has 0 aromatic carbocycles. The standard InChI is InChI=1S/C10H12N4O2S/c1-3-8-11-7(5-17-8)4-14-6(2)9(10(15)16)12-13-14/h5H,3-4H2,1-2H3,(H,15,16). The zero-order valence-electron chi connectivity index (χ0n) is 9.54. The van der Waals surface area contributed by atoms with Gasteiger partial charge in [-0.05, 0) is 13.3 Å². The summed E-state index contributed by atoms with van der Waals surface area (Å²) in [5, 5.41) is 19.3. The van der Waals surface area contributed by atoms with Crippen LogP contribution in [0.2, 0.25) is 0 Å². The lowest BCUT2D eigenvalue weighted by molar-refractivity contribution is 0.0689. The Morgan fingerprint density at radius 1 is 1.59 bits per heavy atom. The molecule has 0 aliphatic rings. The molecule has 0 aliphatic carbocycles. The molecule has 2 aromatic heterocycles. The van der Waals surface area contributed by atoms with E-state index in [9.17, 15) is 4.79 Å². The molecular weight excluding hydrogens is 240 g/mol. The lowest BCUT2D eigenvalue weighted by Crippen LogP contribution is -2.06. The maximum absolute atomic E-state index is 10.8. The van der Waals surface area contributed by atoms with Crippen LogP contribution < -0.4 is 0 Å². The van der Waals surface area contributed by atoms with Crippen molar-refractivity contribution >= 4 is 17.3 Å². The number of thiazole rings is 1. The lowest BCUT2D eigenvalue weighted by atomic mass is 10.3. The van der Waals surface area contributed by atoms with Gasteiger partial charge in [0.25, 0.3) is 0 Å². The smallest absolute Gasteiger partial charge is 0.358 e. The summed E-state index contributed by atoms with van der Waals surface area (Å²) < 4.78 is 1.55. The summed E-state index contributed by atoms with van der Waals surface area (Å²) in [5.74, 6) is -1.05. The number of hydrogen-bond donors (Lipinski definition) is 1. The maximum Gasteiger partial charge on any atom is 0.358 e. The van der Waals surface area contributed by atoms with Crippen LogP contribution in [-0.4, -0.2) is 31.1 Å². The quantitative estimate of drug-likeness (QED) is 0.888. The van der Waals surface area contributed by atoms with Crippen molar-refractivity contribution in [3.8, 4) is 0 Å². The third-order valence-corrected chi connectivity index (χ3v) is 3.44. The molecule has 1 N–H and O–H groups in total. The molecule has 0 spiro atoms. The van der Waals surface area contributed by atoms with E-state index < -0.39 is 5.97 Å². The van der Waals surface area contributed by atoms with Crippen molar-refractivity contribution < 1.29 is 9.90 Å². The molecule has 0 aliphatic heterocycles. The largest absolute Gasteiger partial charge is 0.476 e. The molecule has 2 aromatic rings. The van der Waals surface area contributed by atoms with E-state index in [-0.39, 0.29) is 5.69 Å². The van der Waals surface area contributed by atoms with E-state index in [1.54, 1.807) is 22.9 Å². The van der Waals surface area contributed by atoms with E-state index in [1.165, 1.54) is 0 Å². The topological polar surface area (TPSA) is 80.9 Å². The van der Waals surface area contributed by atoms with Gasteiger partial charge in [0.1, 0.15) is 0 Å². The molecule has 0 fully saturated rings. The molecule has 0 unspecified atom stereocenters. The minimum absolute atomic E-state index is 0.00376. The highest BCUT2D eigenvalue weighted by molar-refractivity contribution is 7.09. The Balaban J connectivity index is 2.21. The number of carboxylic acids is 1.